The third-order valence-corrected chi connectivity index (χ3v) is 2.07. The third kappa shape index (κ3) is 3.40. The van der Waals surface area contributed by atoms with E-state index in [4.69, 9.17) is 4.74 Å². The van der Waals surface area contributed by atoms with Gasteiger partial charge in [-0.25, -0.2) is 0 Å². The standard InChI is InChI=1S/C11H18N2O2/c1-4-15-10-6-5-7-13(11(10)14)9-8-12(2)3/h5-7H,4,8-9H2,1-3H3. The van der Waals surface area contributed by atoms with Crippen molar-refractivity contribution in [2.24, 2.45) is 0 Å². The highest BCUT2D eigenvalue weighted by Gasteiger charge is 2.03. The van der Waals surface area contributed by atoms with Gasteiger partial charge in [0.15, 0.2) is 5.75 Å². The summed E-state index contributed by atoms with van der Waals surface area (Å²) in [4.78, 5) is 13.8. The van der Waals surface area contributed by atoms with E-state index in [0.717, 1.165) is 6.54 Å². The van der Waals surface area contributed by atoms with Crippen molar-refractivity contribution in [2.45, 2.75) is 13.5 Å². The first kappa shape index (κ1) is 11.8. The summed E-state index contributed by atoms with van der Waals surface area (Å²) in [5, 5.41) is 0. The average molecular weight is 210 g/mol. The van der Waals surface area contributed by atoms with Crippen molar-refractivity contribution in [1.29, 1.82) is 0 Å². The van der Waals surface area contributed by atoms with Crippen LogP contribution in [0.4, 0.5) is 0 Å². The second kappa shape index (κ2) is 5.56. The maximum Gasteiger partial charge on any atom is 0.292 e. The second-order valence-electron chi connectivity index (χ2n) is 3.61. The molecule has 4 heteroatoms. The summed E-state index contributed by atoms with van der Waals surface area (Å²) in [6, 6.07) is 3.54. The maximum atomic E-state index is 11.8. The minimum Gasteiger partial charge on any atom is -0.488 e. The van der Waals surface area contributed by atoms with Gasteiger partial charge in [0.05, 0.1) is 6.61 Å². The lowest BCUT2D eigenvalue weighted by atomic mass is 10.4. The molecule has 1 aromatic heterocycles. The van der Waals surface area contributed by atoms with E-state index in [1.54, 1.807) is 16.8 Å². The molecule has 0 fully saturated rings. The van der Waals surface area contributed by atoms with Gasteiger partial charge in [-0.3, -0.25) is 4.79 Å². The van der Waals surface area contributed by atoms with E-state index in [1.807, 2.05) is 32.0 Å². The fraction of sp³-hybridized carbons (Fsp3) is 0.545. The van der Waals surface area contributed by atoms with Gasteiger partial charge in [-0.1, -0.05) is 0 Å². The van der Waals surface area contributed by atoms with Crippen LogP contribution in [-0.2, 0) is 6.54 Å². The van der Waals surface area contributed by atoms with Gasteiger partial charge in [0.25, 0.3) is 5.56 Å². The number of hydrogen-bond donors (Lipinski definition) is 0. The predicted molar refractivity (Wildman–Crippen MR) is 60.4 cm³/mol. The molecule has 0 spiro atoms. The monoisotopic (exact) mass is 210 g/mol. The molecule has 84 valence electrons. The molecule has 0 radical (unpaired) electrons. The van der Waals surface area contributed by atoms with Crippen LogP contribution in [0, 0.1) is 0 Å². The molecule has 1 rings (SSSR count). The number of rotatable bonds is 5. The van der Waals surface area contributed by atoms with Crippen molar-refractivity contribution >= 4 is 0 Å². The number of aromatic nitrogens is 1. The smallest absolute Gasteiger partial charge is 0.292 e. The molecule has 0 aliphatic rings. The summed E-state index contributed by atoms with van der Waals surface area (Å²) in [7, 11) is 3.97. The van der Waals surface area contributed by atoms with Crippen LogP contribution in [0.25, 0.3) is 0 Å². The first-order chi connectivity index (χ1) is 7.15. The zero-order valence-corrected chi connectivity index (χ0v) is 9.56. The van der Waals surface area contributed by atoms with E-state index < -0.39 is 0 Å². The minimum atomic E-state index is -0.0544. The van der Waals surface area contributed by atoms with Gasteiger partial charge in [-0.2, -0.15) is 0 Å². The van der Waals surface area contributed by atoms with Crippen molar-refractivity contribution in [2.75, 3.05) is 27.2 Å². The molecular formula is C11H18N2O2. The van der Waals surface area contributed by atoms with Gasteiger partial charge in [-0.15, -0.1) is 0 Å². The Hall–Kier alpha value is -1.29. The van der Waals surface area contributed by atoms with Crippen LogP contribution < -0.4 is 10.3 Å². The Balaban J connectivity index is 2.80. The lowest BCUT2D eigenvalue weighted by molar-refractivity contribution is 0.328. The molecule has 1 heterocycles. The van der Waals surface area contributed by atoms with Crippen molar-refractivity contribution in [3.05, 3.63) is 28.7 Å². The Labute approximate surface area is 90.1 Å². The molecule has 1 aromatic rings. The number of ether oxygens (including phenoxy) is 1. The quantitative estimate of drug-likeness (QED) is 0.721. The molecular weight excluding hydrogens is 192 g/mol. The lowest BCUT2D eigenvalue weighted by Crippen LogP contribution is -2.26. The fourth-order valence-electron chi connectivity index (χ4n) is 1.26. The summed E-state index contributed by atoms with van der Waals surface area (Å²) in [6.45, 7) is 3.92. The minimum absolute atomic E-state index is 0.0544. The first-order valence-electron chi connectivity index (χ1n) is 5.12. The van der Waals surface area contributed by atoms with Crippen LogP contribution in [0.3, 0.4) is 0 Å². The molecule has 0 aliphatic carbocycles. The van der Waals surface area contributed by atoms with Crippen molar-refractivity contribution in [1.82, 2.24) is 9.47 Å². The van der Waals surface area contributed by atoms with Crippen molar-refractivity contribution in [3.8, 4) is 5.75 Å². The third-order valence-electron chi connectivity index (χ3n) is 2.07. The van der Waals surface area contributed by atoms with Gasteiger partial charge in [0.1, 0.15) is 0 Å². The topological polar surface area (TPSA) is 34.5 Å². The Kier molecular flexibility index (Phi) is 4.37. The van der Waals surface area contributed by atoms with Gasteiger partial charge >= 0.3 is 0 Å². The highest BCUT2D eigenvalue weighted by molar-refractivity contribution is 5.17. The van der Waals surface area contributed by atoms with Crippen molar-refractivity contribution in [3.63, 3.8) is 0 Å². The summed E-state index contributed by atoms with van der Waals surface area (Å²) in [5.74, 6) is 0.429. The summed E-state index contributed by atoms with van der Waals surface area (Å²) >= 11 is 0. The van der Waals surface area contributed by atoms with E-state index in [9.17, 15) is 4.79 Å². The first-order valence-corrected chi connectivity index (χ1v) is 5.12. The Bertz CT molecular complexity index is 358. The van der Waals surface area contributed by atoms with E-state index in [0.29, 0.717) is 18.9 Å². The number of pyridine rings is 1. The van der Waals surface area contributed by atoms with Crippen LogP contribution in [-0.4, -0.2) is 36.7 Å². The summed E-state index contributed by atoms with van der Waals surface area (Å²) in [6.07, 6.45) is 1.79. The fourth-order valence-corrected chi connectivity index (χ4v) is 1.26. The van der Waals surface area contributed by atoms with Crippen LogP contribution in [0.15, 0.2) is 23.1 Å². The van der Waals surface area contributed by atoms with Crippen molar-refractivity contribution < 1.29 is 4.74 Å². The van der Waals surface area contributed by atoms with E-state index in [-0.39, 0.29) is 5.56 Å². The molecule has 0 aromatic carbocycles. The molecule has 15 heavy (non-hydrogen) atoms. The molecule has 0 saturated carbocycles. The molecule has 0 saturated heterocycles. The normalized spacial score (nSPS) is 10.7. The lowest BCUT2D eigenvalue weighted by Gasteiger charge is -2.12. The Morgan fingerprint density at radius 2 is 2.20 bits per heavy atom. The molecule has 0 bridgehead atoms. The summed E-state index contributed by atoms with van der Waals surface area (Å²) < 4.78 is 6.91. The van der Waals surface area contributed by atoms with Gasteiger partial charge in [0.2, 0.25) is 0 Å². The van der Waals surface area contributed by atoms with E-state index in [1.165, 1.54) is 0 Å². The Morgan fingerprint density at radius 3 is 2.80 bits per heavy atom. The average Bonchev–Trinajstić information content (AvgIpc) is 2.19. The van der Waals surface area contributed by atoms with Gasteiger partial charge in [0, 0.05) is 19.3 Å². The van der Waals surface area contributed by atoms with Crippen LogP contribution in [0.5, 0.6) is 5.75 Å². The Morgan fingerprint density at radius 1 is 1.47 bits per heavy atom. The van der Waals surface area contributed by atoms with E-state index >= 15 is 0 Å². The maximum absolute atomic E-state index is 11.8. The zero-order chi connectivity index (χ0) is 11.3. The highest BCUT2D eigenvalue weighted by Crippen LogP contribution is 2.01. The molecule has 0 unspecified atom stereocenters. The molecule has 0 N–H and O–H groups in total. The van der Waals surface area contributed by atoms with E-state index in [2.05, 4.69) is 0 Å². The van der Waals surface area contributed by atoms with Crippen LogP contribution in [0.2, 0.25) is 0 Å². The SMILES string of the molecule is CCOc1cccn(CCN(C)C)c1=O. The van der Waals surface area contributed by atoms with Crippen LogP contribution >= 0.6 is 0 Å². The van der Waals surface area contributed by atoms with Crippen LogP contribution in [0.1, 0.15) is 6.92 Å². The summed E-state index contributed by atoms with van der Waals surface area (Å²) in [5.41, 5.74) is -0.0544. The zero-order valence-electron chi connectivity index (χ0n) is 9.56. The van der Waals surface area contributed by atoms with Gasteiger partial charge in [-0.05, 0) is 33.2 Å². The number of nitrogens with zero attached hydrogens (tertiary/aromatic N) is 2. The largest absolute Gasteiger partial charge is 0.488 e. The molecule has 0 aliphatic heterocycles. The highest BCUT2D eigenvalue weighted by atomic mass is 16.5. The molecule has 0 amide bonds. The number of likely N-dealkylation sites (N-methyl/N-ethyl adjacent to an activating group) is 1. The molecule has 4 nitrogen and oxygen atoms in total. The molecule has 0 atom stereocenters. The van der Waals surface area contributed by atoms with Gasteiger partial charge < -0.3 is 14.2 Å². The predicted octanol–water partition coefficient (Wildman–Crippen LogP) is 0.809. The second-order valence-corrected chi connectivity index (χ2v) is 3.61. The number of hydrogen-bond acceptors (Lipinski definition) is 3.